The number of carbonyl (C=O) groups is 2. The Morgan fingerprint density at radius 1 is 1.36 bits per heavy atom. The lowest BCUT2D eigenvalue weighted by Gasteiger charge is -2.08. The number of methoxy groups -OCH3 is 1. The average molecular weight is 194 g/mol. The van der Waals surface area contributed by atoms with Crippen molar-refractivity contribution in [3.63, 3.8) is 0 Å². The third-order valence-electron chi connectivity index (χ3n) is 1.67. The monoisotopic (exact) mass is 194 g/mol. The highest BCUT2D eigenvalue weighted by Crippen LogP contribution is 2.13. The van der Waals surface area contributed by atoms with E-state index in [4.69, 9.17) is 5.73 Å². The highest BCUT2D eigenvalue weighted by molar-refractivity contribution is 6.02. The molecule has 0 heterocycles. The van der Waals surface area contributed by atoms with Gasteiger partial charge in [-0.1, -0.05) is 6.07 Å². The van der Waals surface area contributed by atoms with Crippen LogP contribution in [0.25, 0.3) is 0 Å². The molecular weight excluding hydrogens is 186 g/mol. The number of rotatable bonds is 2. The molecule has 0 aromatic heterocycles. The van der Waals surface area contributed by atoms with Crippen LogP contribution >= 0.6 is 0 Å². The topological polar surface area (TPSA) is 92.5 Å². The molecule has 5 heteroatoms. The van der Waals surface area contributed by atoms with Crippen LogP contribution < -0.4 is 10.8 Å². The van der Waals surface area contributed by atoms with Crippen molar-refractivity contribution in [2.24, 2.45) is 0 Å². The molecule has 0 unspecified atom stereocenters. The van der Waals surface area contributed by atoms with Crippen molar-refractivity contribution >= 4 is 17.6 Å². The minimum absolute atomic E-state index is 0.104. The maximum atomic E-state index is 11.1. The van der Waals surface area contributed by atoms with E-state index in [-0.39, 0.29) is 16.8 Å². The average Bonchev–Trinajstić information content (AvgIpc) is 2.16. The Kier molecular flexibility index (Phi) is 2.71. The van der Waals surface area contributed by atoms with Crippen LogP contribution in [0.3, 0.4) is 0 Å². The number of benzene rings is 1. The first-order valence-corrected chi connectivity index (χ1v) is 3.75. The molecule has 0 bridgehead atoms. The van der Waals surface area contributed by atoms with E-state index in [0.717, 1.165) is 7.11 Å². The summed E-state index contributed by atoms with van der Waals surface area (Å²) in [5.74, 6) is -2.19. The maximum absolute atomic E-state index is 11.1. The third-order valence-corrected chi connectivity index (χ3v) is 1.67. The van der Waals surface area contributed by atoms with E-state index in [1.165, 1.54) is 18.2 Å². The molecule has 0 radical (unpaired) electrons. The fourth-order valence-electron chi connectivity index (χ4n) is 1.02. The van der Waals surface area contributed by atoms with E-state index < -0.39 is 11.9 Å². The van der Waals surface area contributed by atoms with Crippen LogP contribution in [0, 0.1) is 0 Å². The standard InChI is InChI=1S/C9H9NO4/c1-14-9(13)7-4-5(10)2-3-6(7)8(11)12/h2-4H,10H2,1H3,(H,11,12)/p-1. The third kappa shape index (κ3) is 1.82. The lowest BCUT2D eigenvalue weighted by molar-refractivity contribution is -0.255. The van der Waals surface area contributed by atoms with Gasteiger partial charge in [0.05, 0.1) is 18.6 Å². The molecule has 0 aliphatic rings. The number of carboxylic acids is 1. The number of nitrogen functional groups attached to an aromatic ring is 1. The van der Waals surface area contributed by atoms with Crippen molar-refractivity contribution in [2.75, 3.05) is 12.8 Å². The molecule has 1 aromatic carbocycles. The predicted molar refractivity (Wildman–Crippen MR) is 46.5 cm³/mol. The van der Waals surface area contributed by atoms with Crippen molar-refractivity contribution < 1.29 is 19.4 Å². The van der Waals surface area contributed by atoms with Gasteiger partial charge in [-0.05, 0) is 12.1 Å². The number of esters is 1. The Morgan fingerprint density at radius 2 is 2.00 bits per heavy atom. The molecule has 0 amide bonds. The molecular formula is C9H8NO4-. The summed E-state index contributed by atoms with van der Waals surface area (Å²) in [6.07, 6.45) is 0. The van der Waals surface area contributed by atoms with E-state index in [1.807, 2.05) is 0 Å². The zero-order valence-electron chi connectivity index (χ0n) is 7.44. The second-order valence-corrected chi connectivity index (χ2v) is 2.58. The van der Waals surface area contributed by atoms with Gasteiger partial charge in [-0.25, -0.2) is 4.79 Å². The highest BCUT2D eigenvalue weighted by Gasteiger charge is 2.12. The number of nitrogens with two attached hydrogens (primary N) is 1. The number of carbonyl (C=O) groups excluding carboxylic acids is 2. The maximum Gasteiger partial charge on any atom is 0.338 e. The summed E-state index contributed by atoms with van der Waals surface area (Å²) in [7, 11) is 1.16. The molecule has 0 atom stereocenters. The number of anilines is 1. The van der Waals surface area contributed by atoms with Gasteiger partial charge in [0.25, 0.3) is 0 Å². The van der Waals surface area contributed by atoms with Gasteiger partial charge in [0.1, 0.15) is 0 Å². The molecule has 2 N–H and O–H groups in total. The zero-order valence-corrected chi connectivity index (χ0v) is 7.44. The first-order chi connectivity index (χ1) is 6.56. The van der Waals surface area contributed by atoms with Crippen molar-refractivity contribution in [2.45, 2.75) is 0 Å². The van der Waals surface area contributed by atoms with Gasteiger partial charge in [0, 0.05) is 11.3 Å². The molecule has 74 valence electrons. The van der Waals surface area contributed by atoms with Crippen molar-refractivity contribution in [1.29, 1.82) is 0 Å². The Bertz CT molecular complexity index is 386. The summed E-state index contributed by atoms with van der Waals surface area (Å²) in [6.45, 7) is 0. The van der Waals surface area contributed by atoms with Gasteiger partial charge in [-0.2, -0.15) is 0 Å². The lowest BCUT2D eigenvalue weighted by Crippen LogP contribution is -2.25. The van der Waals surface area contributed by atoms with Gasteiger partial charge in [0.15, 0.2) is 0 Å². The molecule has 0 saturated carbocycles. The van der Waals surface area contributed by atoms with E-state index in [1.54, 1.807) is 0 Å². The van der Waals surface area contributed by atoms with Crippen LogP contribution in [0.2, 0.25) is 0 Å². The SMILES string of the molecule is COC(=O)c1cc(N)ccc1C(=O)[O-]. The Hall–Kier alpha value is -2.04. The number of hydrogen-bond acceptors (Lipinski definition) is 5. The van der Waals surface area contributed by atoms with Gasteiger partial charge in [0.2, 0.25) is 0 Å². The molecule has 1 rings (SSSR count). The van der Waals surface area contributed by atoms with Crippen LogP contribution in [0.15, 0.2) is 18.2 Å². The largest absolute Gasteiger partial charge is 0.545 e. The summed E-state index contributed by atoms with van der Waals surface area (Å²) < 4.78 is 4.40. The van der Waals surface area contributed by atoms with E-state index in [2.05, 4.69) is 4.74 Å². The van der Waals surface area contributed by atoms with Crippen molar-refractivity contribution in [1.82, 2.24) is 0 Å². The Balaban J connectivity index is 3.29. The van der Waals surface area contributed by atoms with E-state index in [9.17, 15) is 14.7 Å². The molecule has 0 spiro atoms. The van der Waals surface area contributed by atoms with Crippen LogP contribution in [0.4, 0.5) is 5.69 Å². The van der Waals surface area contributed by atoms with Crippen molar-refractivity contribution in [3.8, 4) is 0 Å². The Morgan fingerprint density at radius 3 is 2.50 bits per heavy atom. The molecule has 0 fully saturated rings. The first kappa shape index (κ1) is 10.0. The van der Waals surface area contributed by atoms with E-state index >= 15 is 0 Å². The summed E-state index contributed by atoms with van der Waals surface area (Å²) >= 11 is 0. The minimum atomic E-state index is -1.44. The van der Waals surface area contributed by atoms with E-state index in [0.29, 0.717) is 0 Å². The van der Waals surface area contributed by atoms with Gasteiger partial charge < -0.3 is 20.4 Å². The second-order valence-electron chi connectivity index (χ2n) is 2.58. The fourth-order valence-corrected chi connectivity index (χ4v) is 1.02. The first-order valence-electron chi connectivity index (χ1n) is 3.75. The Labute approximate surface area is 80.1 Å². The normalized spacial score (nSPS) is 9.50. The van der Waals surface area contributed by atoms with Gasteiger partial charge in [-0.3, -0.25) is 0 Å². The number of ether oxygens (including phenoxy) is 1. The number of hydrogen-bond donors (Lipinski definition) is 1. The smallest absolute Gasteiger partial charge is 0.338 e. The zero-order chi connectivity index (χ0) is 10.7. The lowest BCUT2D eigenvalue weighted by atomic mass is 10.1. The van der Waals surface area contributed by atoms with Gasteiger partial charge in [-0.15, -0.1) is 0 Å². The molecule has 14 heavy (non-hydrogen) atoms. The predicted octanol–water partition coefficient (Wildman–Crippen LogP) is -0.581. The summed E-state index contributed by atoms with van der Waals surface area (Å²) in [6, 6.07) is 3.81. The molecule has 0 aliphatic carbocycles. The number of carboxylic acid groups (broad SMARTS) is 1. The van der Waals surface area contributed by atoms with Crippen LogP contribution in [-0.2, 0) is 4.74 Å². The fraction of sp³-hybridized carbons (Fsp3) is 0.111. The van der Waals surface area contributed by atoms with Crippen molar-refractivity contribution in [3.05, 3.63) is 29.3 Å². The summed E-state index contributed by atoms with van der Waals surface area (Å²) in [5, 5.41) is 10.6. The summed E-state index contributed by atoms with van der Waals surface area (Å²) in [4.78, 5) is 21.7. The van der Waals surface area contributed by atoms with Crippen LogP contribution in [0.5, 0.6) is 0 Å². The highest BCUT2D eigenvalue weighted by atomic mass is 16.5. The van der Waals surface area contributed by atoms with Gasteiger partial charge >= 0.3 is 5.97 Å². The van der Waals surface area contributed by atoms with Crippen LogP contribution in [-0.4, -0.2) is 19.0 Å². The minimum Gasteiger partial charge on any atom is -0.545 e. The summed E-state index contributed by atoms with van der Waals surface area (Å²) in [5.41, 5.74) is 5.35. The van der Waals surface area contributed by atoms with Crippen LogP contribution in [0.1, 0.15) is 20.7 Å². The number of aromatic carboxylic acids is 1. The second kappa shape index (κ2) is 3.78. The molecule has 0 saturated heterocycles. The molecule has 1 aromatic rings. The molecule has 0 aliphatic heterocycles. The molecule has 5 nitrogen and oxygen atoms in total. The quantitative estimate of drug-likeness (QED) is 0.502.